The molecule has 0 bridgehead atoms. The highest BCUT2D eigenvalue weighted by Gasteiger charge is 2.15. The normalized spacial score (nSPS) is 12.6. The van der Waals surface area contributed by atoms with Crippen molar-refractivity contribution in [1.82, 2.24) is 4.90 Å². The van der Waals surface area contributed by atoms with Gasteiger partial charge in [0.2, 0.25) is 5.91 Å². The van der Waals surface area contributed by atoms with Gasteiger partial charge in [-0.2, -0.15) is 0 Å². The van der Waals surface area contributed by atoms with Gasteiger partial charge in [-0.15, -0.1) is 22.9 Å². The Balaban J connectivity index is 2.62. The first kappa shape index (κ1) is 11.5. The molecule has 0 saturated carbocycles. The quantitative estimate of drug-likeness (QED) is 0.733. The summed E-state index contributed by atoms with van der Waals surface area (Å²) in [4.78, 5) is 14.4. The Hall–Kier alpha value is -0.540. The third-order valence-corrected chi connectivity index (χ3v) is 3.26. The lowest BCUT2D eigenvalue weighted by Gasteiger charge is -2.17. The van der Waals surface area contributed by atoms with Crippen LogP contribution in [0.2, 0.25) is 0 Å². The molecule has 0 aliphatic rings. The Morgan fingerprint density at radius 3 is 2.79 bits per heavy atom. The molecule has 1 aromatic rings. The van der Waals surface area contributed by atoms with Crippen molar-refractivity contribution in [3.8, 4) is 0 Å². The van der Waals surface area contributed by atoms with E-state index < -0.39 is 5.38 Å². The number of amides is 1. The number of thiophene rings is 1. The first-order valence-corrected chi connectivity index (χ1v) is 5.76. The summed E-state index contributed by atoms with van der Waals surface area (Å²) in [5.74, 6) is -0.0283. The standard InChI is InChI=1S/C10H14ClNOS/c1-7-4-5-14-9(7)6-12(3)10(13)8(2)11/h4-5,8H,6H2,1-3H3. The molecule has 0 aromatic carbocycles. The minimum Gasteiger partial charge on any atom is -0.339 e. The van der Waals surface area contributed by atoms with Crippen LogP contribution in [0.15, 0.2) is 11.4 Å². The summed E-state index contributed by atoms with van der Waals surface area (Å²) in [6.07, 6.45) is 0. The van der Waals surface area contributed by atoms with E-state index in [1.165, 1.54) is 10.4 Å². The number of carbonyl (C=O) groups excluding carboxylic acids is 1. The van der Waals surface area contributed by atoms with Crippen LogP contribution in [0, 0.1) is 6.92 Å². The van der Waals surface area contributed by atoms with Crippen LogP contribution in [-0.2, 0) is 11.3 Å². The number of nitrogens with zero attached hydrogens (tertiary/aromatic N) is 1. The lowest BCUT2D eigenvalue weighted by molar-refractivity contribution is -0.129. The molecule has 1 rings (SSSR count). The highest BCUT2D eigenvalue weighted by molar-refractivity contribution is 7.10. The molecule has 0 saturated heterocycles. The molecular weight excluding hydrogens is 218 g/mol. The van der Waals surface area contributed by atoms with E-state index in [1.807, 2.05) is 12.3 Å². The number of aryl methyl sites for hydroxylation is 1. The van der Waals surface area contributed by atoms with Gasteiger partial charge in [0.1, 0.15) is 5.38 Å². The van der Waals surface area contributed by atoms with Crippen molar-refractivity contribution >= 4 is 28.8 Å². The highest BCUT2D eigenvalue weighted by atomic mass is 35.5. The molecule has 78 valence electrons. The second-order valence-electron chi connectivity index (χ2n) is 3.34. The summed E-state index contributed by atoms with van der Waals surface area (Å²) in [6.45, 7) is 4.40. The fourth-order valence-corrected chi connectivity index (χ4v) is 2.29. The Morgan fingerprint density at radius 2 is 2.36 bits per heavy atom. The van der Waals surface area contributed by atoms with Crippen molar-refractivity contribution in [3.05, 3.63) is 21.9 Å². The number of hydrogen-bond acceptors (Lipinski definition) is 2. The van der Waals surface area contributed by atoms with E-state index >= 15 is 0 Å². The molecule has 1 heterocycles. The summed E-state index contributed by atoms with van der Waals surface area (Å²) >= 11 is 7.39. The molecule has 1 unspecified atom stereocenters. The molecule has 1 aromatic heterocycles. The largest absolute Gasteiger partial charge is 0.339 e. The van der Waals surface area contributed by atoms with E-state index in [1.54, 1.807) is 30.2 Å². The smallest absolute Gasteiger partial charge is 0.240 e. The monoisotopic (exact) mass is 231 g/mol. The zero-order valence-corrected chi connectivity index (χ0v) is 10.2. The number of hydrogen-bond donors (Lipinski definition) is 0. The predicted octanol–water partition coefficient (Wildman–Crippen LogP) is 2.64. The van der Waals surface area contributed by atoms with Gasteiger partial charge in [0, 0.05) is 11.9 Å². The lowest BCUT2D eigenvalue weighted by Crippen LogP contribution is -2.31. The van der Waals surface area contributed by atoms with Crippen molar-refractivity contribution in [2.24, 2.45) is 0 Å². The van der Waals surface area contributed by atoms with Gasteiger partial charge in [-0.1, -0.05) is 0 Å². The lowest BCUT2D eigenvalue weighted by atomic mass is 10.3. The van der Waals surface area contributed by atoms with Crippen LogP contribution in [-0.4, -0.2) is 23.2 Å². The van der Waals surface area contributed by atoms with Crippen molar-refractivity contribution in [3.63, 3.8) is 0 Å². The average Bonchev–Trinajstić information content (AvgIpc) is 2.50. The average molecular weight is 232 g/mol. The van der Waals surface area contributed by atoms with E-state index in [9.17, 15) is 4.79 Å². The van der Waals surface area contributed by atoms with Gasteiger partial charge >= 0.3 is 0 Å². The van der Waals surface area contributed by atoms with E-state index in [0.717, 1.165) is 0 Å². The summed E-state index contributed by atoms with van der Waals surface area (Å²) < 4.78 is 0. The van der Waals surface area contributed by atoms with Crippen molar-refractivity contribution in [2.45, 2.75) is 25.8 Å². The Kier molecular flexibility index (Phi) is 3.96. The molecule has 0 fully saturated rings. The molecule has 1 atom stereocenters. The SMILES string of the molecule is Cc1ccsc1CN(C)C(=O)C(C)Cl. The summed E-state index contributed by atoms with van der Waals surface area (Å²) in [6, 6.07) is 2.06. The third-order valence-electron chi connectivity index (χ3n) is 2.07. The Morgan fingerprint density at radius 1 is 1.71 bits per heavy atom. The molecule has 4 heteroatoms. The van der Waals surface area contributed by atoms with Crippen molar-refractivity contribution in [2.75, 3.05) is 7.05 Å². The predicted molar refractivity (Wildman–Crippen MR) is 60.8 cm³/mol. The molecule has 14 heavy (non-hydrogen) atoms. The van der Waals surface area contributed by atoms with E-state index in [-0.39, 0.29) is 5.91 Å². The molecule has 2 nitrogen and oxygen atoms in total. The van der Waals surface area contributed by atoms with E-state index in [4.69, 9.17) is 11.6 Å². The molecule has 0 aliphatic heterocycles. The fourth-order valence-electron chi connectivity index (χ4n) is 1.16. The maximum atomic E-state index is 11.5. The summed E-state index contributed by atoms with van der Waals surface area (Å²) in [7, 11) is 1.78. The van der Waals surface area contributed by atoms with Crippen LogP contribution in [0.5, 0.6) is 0 Å². The van der Waals surface area contributed by atoms with Gasteiger partial charge in [0.05, 0.1) is 6.54 Å². The second-order valence-corrected chi connectivity index (χ2v) is 4.99. The molecule has 0 N–H and O–H groups in total. The maximum Gasteiger partial charge on any atom is 0.240 e. The van der Waals surface area contributed by atoms with Crippen molar-refractivity contribution < 1.29 is 4.79 Å². The van der Waals surface area contributed by atoms with Gasteiger partial charge < -0.3 is 4.90 Å². The topological polar surface area (TPSA) is 20.3 Å². The van der Waals surface area contributed by atoms with Crippen LogP contribution >= 0.6 is 22.9 Å². The van der Waals surface area contributed by atoms with Gasteiger partial charge in [-0.25, -0.2) is 0 Å². The third kappa shape index (κ3) is 2.72. The number of alkyl halides is 1. The summed E-state index contributed by atoms with van der Waals surface area (Å²) in [5, 5.41) is 1.59. The summed E-state index contributed by atoms with van der Waals surface area (Å²) in [5.41, 5.74) is 1.23. The van der Waals surface area contributed by atoms with Gasteiger partial charge in [-0.05, 0) is 30.9 Å². The molecule has 1 amide bonds. The van der Waals surface area contributed by atoms with Crippen molar-refractivity contribution in [1.29, 1.82) is 0 Å². The number of carbonyl (C=O) groups is 1. The Labute approximate surface area is 93.5 Å². The maximum absolute atomic E-state index is 11.5. The number of rotatable bonds is 3. The van der Waals surface area contributed by atoms with Crippen LogP contribution in [0.1, 0.15) is 17.4 Å². The minimum absolute atomic E-state index is 0.0283. The molecule has 0 spiro atoms. The first-order valence-electron chi connectivity index (χ1n) is 4.44. The van der Waals surface area contributed by atoms with Crippen LogP contribution < -0.4 is 0 Å². The zero-order valence-electron chi connectivity index (χ0n) is 8.58. The minimum atomic E-state index is -0.444. The van der Waals surface area contributed by atoms with Gasteiger partial charge in [0.15, 0.2) is 0 Å². The van der Waals surface area contributed by atoms with Crippen LogP contribution in [0.4, 0.5) is 0 Å². The fraction of sp³-hybridized carbons (Fsp3) is 0.500. The molecule has 0 radical (unpaired) electrons. The highest BCUT2D eigenvalue weighted by Crippen LogP contribution is 2.17. The van der Waals surface area contributed by atoms with Gasteiger partial charge in [0.25, 0.3) is 0 Å². The van der Waals surface area contributed by atoms with E-state index in [2.05, 4.69) is 6.07 Å². The van der Waals surface area contributed by atoms with Gasteiger partial charge in [-0.3, -0.25) is 4.79 Å². The second kappa shape index (κ2) is 4.80. The Bertz CT molecular complexity index is 322. The number of halogens is 1. The molecule has 0 aliphatic carbocycles. The van der Waals surface area contributed by atoms with Crippen LogP contribution in [0.3, 0.4) is 0 Å². The van der Waals surface area contributed by atoms with Crippen LogP contribution in [0.25, 0.3) is 0 Å². The zero-order chi connectivity index (χ0) is 10.7. The van der Waals surface area contributed by atoms with E-state index in [0.29, 0.717) is 6.54 Å². The molecular formula is C10H14ClNOS. The first-order chi connectivity index (χ1) is 6.52.